The van der Waals surface area contributed by atoms with Crippen molar-refractivity contribution in [2.45, 2.75) is 51.6 Å². The highest BCUT2D eigenvalue weighted by molar-refractivity contribution is 4.85. The van der Waals surface area contributed by atoms with E-state index in [1.54, 1.807) is 0 Å². The molecule has 1 heterocycles. The fourth-order valence-corrected chi connectivity index (χ4v) is 3.17. The molecule has 2 heteroatoms. The van der Waals surface area contributed by atoms with Crippen LogP contribution in [0.25, 0.3) is 0 Å². The fraction of sp³-hybridized carbons (Fsp3) is 1.00. The summed E-state index contributed by atoms with van der Waals surface area (Å²) in [5.41, 5.74) is 0. The minimum atomic E-state index is 0.736. The summed E-state index contributed by atoms with van der Waals surface area (Å²) in [7, 11) is 0. The number of rotatable bonds is 2. The lowest BCUT2D eigenvalue weighted by Crippen LogP contribution is -2.54. The Kier molecular flexibility index (Phi) is 3.45. The molecule has 2 aliphatic rings. The largest absolute Gasteiger partial charge is 0.314 e. The first-order chi connectivity index (χ1) is 6.79. The Bertz CT molecular complexity index is 175. The molecule has 0 amide bonds. The predicted molar refractivity (Wildman–Crippen MR) is 60.5 cm³/mol. The van der Waals surface area contributed by atoms with Crippen molar-refractivity contribution in [1.82, 2.24) is 10.2 Å². The summed E-state index contributed by atoms with van der Waals surface area (Å²) < 4.78 is 0. The van der Waals surface area contributed by atoms with Crippen LogP contribution in [0.5, 0.6) is 0 Å². The van der Waals surface area contributed by atoms with Gasteiger partial charge in [-0.15, -0.1) is 0 Å². The van der Waals surface area contributed by atoms with Gasteiger partial charge < -0.3 is 5.32 Å². The Balaban J connectivity index is 1.91. The molecular weight excluding hydrogens is 172 g/mol. The highest BCUT2D eigenvalue weighted by atomic mass is 15.2. The third kappa shape index (κ3) is 2.12. The molecule has 2 rings (SSSR count). The van der Waals surface area contributed by atoms with Crippen molar-refractivity contribution in [3.8, 4) is 0 Å². The normalized spacial score (nSPS) is 33.4. The van der Waals surface area contributed by atoms with Crippen LogP contribution >= 0.6 is 0 Å². The van der Waals surface area contributed by atoms with Gasteiger partial charge in [0.15, 0.2) is 0 Å². The Morgan fingerprint density at radius 2 is 2.00 bits per heavy atom. The third-order valence-electron chi connectivity index (χ3n) is 4.16. The van der Waals surface area contributed by atoms with Gasteiger partial charge >= 0.3 is 0 Å². The minimum Gasteiger partial charge on any atom is -0.314 e. The zero-order valence-corrected chi connectivity index (χ0v) is 9.63. The van der Waals surface area contributed by atoms with Gasteiger partial charge in [0, 0.05) is 31.7 Å². The summed E-state index contributed by atoms with van der Waals surface area (Å²) in [5.74, 6) is 0.982. The summed E-state index contributed by atoms with van der Waals surface area (Å²) in [6.45, 7) is 8.41. The van der Waals surface area contributed by atoms with Gasteiger partial charge in [-0.2, -0.15) is 0 Å². The molecule has 1 N–H and O–H groups in total. The molecule has 0 aromatic rings. The van der Waals surface area contributed by atoms with Gasteiger partial charge in [-0.25, -0.2) is 0 Å². The zero-order valence-electron chi connectivity index (χ0n) is 9.63. The van der Waals surface area contributed by atoms with E-state index in [0.717, 1.165) is 18.0 Å². The molecule has 14 heavy (non-hydrogen) atoms. The molecule has 1 aliphatic heterocycles. The molecule has 1 aliphatic carbocycles. The van der Waals surface area contributed by atoms with Crippen molar-refractivity contribution < 1.29 is 0 Å². The van der Waals surface area contributed by atoms with E-state index in [-0.39, 0.29) is 0 Å². The molecular formula is C12H24N2. The van der Waals surface area contributed by atoms with E-state index in [0.29, 0.717) is 0 Å². The molecule has 2 fully saturated rings. The standard InChI is InChI=1S/C12H24N2/c1-10-9-13-7-8-14(10)11(2)12-5-3-4-6-12/h10-13H,3-9H2,1-2H3. The molecule has 0 aromatic carbocycles. The van der Waals surface area contributed by atoms with Crippen molar-refractivity contribution in [2.24, 2.45) is 5.92 Å². The van der Waals surface area contributed by atoms with Crippen LogP contribution in [0.4, 0.5) is 0 Å². The van der Waals surface area contributed by atoms with E-state index in [2.05, 4.69) is 24.1 Å². The first kappa shape index (κ1) is 10.4. The molecule has 0 radical (unpaired) electrons. The van der Waals surface area contributed by atoms with Crippen molar-refractivity contribution in [1.29, 1.82) is 0 Å². The van der Waals surface area contributed by atoms with Gasteiger partial charge in [0.2, 0.25) is 0 Å². The highest BCUT2D eigenvalue weighted by Gasteiger charge is 2.29. The molecule has 1 saturated carbocycles. The topological polar surface area (TPSA) is 15.3 Å². The number of nitrogens with zero attached hydrogens (tertiary/aromatic N) is 1. The quantitative estimate of drug-likeness (QED) is 0.725. The number of hydrogen-bond acceptors (Lipinski definition) is 2. The fourth-order valence-electron chi connectivity index (χ4n) is 3.17. The first-order valence-corrected chi connectivity index (χ1v) is 6.25. The maximum atomic E-state index is 3.47. The summed E-state index contributed by atoms with van der Waals surface area (Å²) in [4.78, 5) is 2.71. The second-order valence-electron chi connectivity index (χ2n) is 5.08. The van der Waals surface area contributed by atoms with Crippen LogP contribution < -0.4 is 5.32 Å². The van der Waals surface area contributed by atoms with Crippen LogP contribution in [-0.2, 0) is 0 Å². The Hall–Kier alpha value is -0.0800. The van der Waals surface area contributed by atoms with Crippen LogP contribution in [0.1, 0.15) is 39.5 Å². The lowest BCUT2D eigenvalue weighted by molar-refractivity contribution is 0.0904. The maximum absolute atomic E-state index is 3.47. The second kappa shape index (κ2) is 4.63. The van der Waals surface area contributed by atoms with Crippen LogP contribution in [0.15, 0.2) is 0 Å². The van der Waals surface area contributed by atoms with E-state index < -0.39 is 0 Å². The van der Waals surface area contributed by atoms with Gasteiger partial charge in [-0.3, -0.25) is 4.90 Å². The Morgan fingerprint density at radius 3 is 2.64 bits per heavy atom. The SMILES string of the molecule is CC1CNCCN1C(C)C1CCCC1. The molecule has 1 saturated heterocycles. The Morgan fingerprint density at radius 1 is 1.29 bits per heavy atom. The number of hydrogen-bond donors (Lipinski definition) is 1. The molecule has 0 spiro atoms. The molecule has 2 atom stereocenters. The second-order valence-corrected chi connectivity index (χ2v) is 5.08. The van der Waals surface area contributed by atoms with E-state index in [1.807, 2.05) is 0 Å². The van der Waals surface area contributed by atoms with Gasteiger partial charge in [-0.05, 0) is 32.6 Å². The van der Waals surface area contributed by atoms with Crippen LogP contribution in [0.2, 0.25) is 0 Å². The smallest absolute Gasteiger partial charge is 0.0195 e. The van der Waals surface area contributed by atoms with Crippen LogP contribution in [0, 0.1) is 5.92 Å². The van der Waals surface area contributed by atoms with Crippen molar-refractivity contribution >= 4 is 0 Å². The average molecular weight is 196 g/mol. The molecule has 2 unspecified atom stereocenters. The van der Waals surface area contributed by atoms with Crippen molar-refractivity contribution in [3.63, 3.8) is 0 Å². The van der Waals surface area contributed by atoms with Gasteiger partial charge in [0.1, 0.15) is 0 Å². The van der Waals surface area contributed by atoms with Crippen LogP contribution in [0.3, 0.4) is 0 Å². The molecule has 0 aromatic heterocycles. The number of piperazine rings is 1. The molecule has 0 bridgehead atoms. The maximum Gasteiger partial charge on any atom is 0.0195 e. The zero-order chi connectivity index (χ0) is 9.97. The first-order valence-electron chi connectivity index (χ1n) is 6.25. The summed E-state index contributed by atoms with van der Waals surface area (Å²) in [5, 5.41) is 3.47. The van der Waals surface area contributed by atoms with Gasteiger partial charge in [0.05, 0.1) is 0 Å². The van der Waals surface area contributed by atoms with Gasteiger partial charge in [0.25, 0.3) is 0 Å². The monoisotopic (exact) mass is 196 g/mol. The number of nitrogens with one attached hydrogen (secondary N) is 1. The van der Waals surface area contributed by atoms with Crippen molar-refractivity contribution in [3.05, 3.63) is 0 Å². The van der Waals surface area contributed by atoms with E-state index in [4.69, 9.17) is 0 Å². The third-order valence-corrected chi connectivity index (χ3v) is 4.16. The summed E-state index contributed by atoms with van der Waals surface area (Å²) in [6.07, 6.45) is 5.88. The van der Waals surface area contributed by atoms with E-state index in [9.17, 15) is 0 Å². The highest BCUT2D eigenvalue weighted by Crippen LogP contribution is 2.31. The van der Waals surface area contributed by atoms with Crippen molar-refractivity contribution in [2.75, 3.05) is 19.6 Å². The molecule has 82 valence electrons. The molecule has 2 nitrogen and oxygen atoms in total. The summed E-state index contributed by atoms with van der Waals surface area (Å²) >= 11 is 0. The van der Waals surface area contributed by atoms with E-state index in [1.165, 1.54) is 45.3 Å². The average Bonchev–Trinajstić information content (AvgIpc) is 2.70. The van der Waals surface area contributed by atoms with E-state index >= 15 is 0 Å². The summed E-state index contributed by atoms with van der Waals surface area (Å²) in [6, 6.07) is 1.55. The minimum absolute atomic E-state index is 0.736. The lowest BCUT2D eigenvalue weighted by Gasteiger charge is -2.41. The predicted octanol–water partition coefficient (Wildman–Crippen LogP) is 1.86. The lowest BCUT2D eigenvalue weighted by atomic mass is 9.96. The van der Waals surface area contributed by atoms with Crippen LogP contribution in [-0.4, -0.2) is 36.6 Å². The Labute approximate surface area is 88.1 Å². The van der Waals surface area contributed by atoms with Gasteiger partial charge in [-0.1, -0.05) is 12.8 Å².